The van der Waals surface area contributed by atoms with Gasteiger partial charge in [0.2, 0.25) is 0 Å². The van der Waals surface area contributed by atoms with Gasteiger partial charge >= 0.3 is 0 Å². The van der Waals surface area contributed by atoms with E-state index in [-0.39, 0.29) is 5.91 Å². The lowest BCUT2D eigenvalue weighted by Gasteiger charge is -2.22. The number of carbonyl (C=O) groups excluding carboxylic acids is 1. The van der Waals surface area contributed by atoms with Gasteiger partial charge in [0.1, 0.15) is 12.4 Å². The third-order valence-corrected chi connectivity index (χ3v) is 5.61. The van der Waals surface area contributed by atoms with Crippen LogP contribution >= 0.6 is 0 Å². The number of anilines is 1. The summed E-state index contributed by atoms with van der Waals surface area (Å²) < 4.78 is 2.10. The van der Waals surface area contributed by atoms with Gasteiger partial charge < -0.3 is 4.57 Å². The second kappa shape index (κ2) is 7.76. The highest BCUT2D eigenvalue weighted by atomic mass is 16.7. The van der Waals surface area contributed by atoms with Gasteiger partial charge in [-0.3, -0.25) is 9.63 Å². The van der Waals surface area contributed by atoms with Gasteiger partial charge in [-0.2, -0.15) is 5.06 Å². The molecule has 0 saturated heterocycles. The third kappa shape index (κ3) is 3.37. The molecule has 5 heteroatoms. The molecule has 0 bridgehead atoms. The SMILES string of the molecule is Cn1c(-c2cccc(CON3C(=O)CCCc4ccccc43)c2)nc2ccccc21. The first-order valence-corrected chi connectivity index (χ1v) is 10.3. The van der Waals surface area contributed by atoms with E-state index in [1.807, 2.05) is 55.6 Å². The second-order valence-corrected chi connectivity index (χ2v) is 7.63. The molecule has 1 amide bonds. The van der Waals surface area contributed by atoms with Crippen LogP contribution in [-0.4, -0.2) is 15.5 Å². The fourth-order valence-electron chi connectivity index (χ4n) is 4.07. The first-order valence-electron chi connectivity index (χ1n) is 10.3. The molecule has 0 fully saturated rings. The largest absolute Gasteiger partial charge is 0.327 e. The van der Waals surface area contributed by atoms with E-state index in [0.717, 1.165) is 52.1 Å². The first kappa shape index (κ1) is 18.6. The molecule has 1 aliphatic heterocycles. The zero-order chi connectivity index (χ0) is 20.5. The number of fused-ring (bicyclic) bond motifs is 2. The van der Waals surface area contributed by atoms with Crippen LogP contribution in [0, 0.1) is 0 Å². The van der Waals surface area contributed by atoms with Crippen molar-refractivity contribution in [3.8, 4) is 11.4 Å². The van der Waals surface area contributed by atoms with Crippen LogP contribution in [-0.2, 0) is 29.7 Å². The molecule has 1 aliphatic rings. The molecular formula is C25H23N3O2. The van der Waals surface area contributed by atoms with Crippen LogP contribution < -0.4 is 5.06 Å². The van der Waals surface area contributed by atoms with Crippen molar-refractivity contribution in [1.29, 1.82) is 0 Å². The summed E-state index contributed by atoms with van der Waals surface area (Å²) >= 11 is 0. The Hall–Kier alpha value is -3.44. The van der Waals surface area contributed by atoms with Gasteiger partial charge in [0, 0.05) is 19.0 Å². The smallest absolute Gasteiger partial charge is 0.250 e. The lowest BCUT2D eigenvalue weighted by molar-refractivity contribution is -0.126. The number of hydrogen-bond donors (Lipinski definition) is 0. The van der Waals surface area contributed by atoms with Crippen LogP contribution in [0.25, 0.3) is 22.4 Å². The fourth-order valence-corrected chi connectivity index (χ4v) is 4.07. The Morgan fingerprint density at radius 2 is 1.80 bits per heavy atom. The van der Waals surface area contributed by atoms with E-state index in [1.54, 1.807) is 0 Å². The highest BCUT2D eigenvalue weighted by Gasteiger charge is 2.23. The molecule has 0 spiro atoms. The number of para-hydroxylation sites is 3. The Morgan fingerprint density at radius 1 is 0.967 bits per heavy atom. The zero-order valence-electron chi connectivity index (χ0n) is 16.9. The molecule has 0 radical (unpaired) electrons. The monoisotopic (exact) mass is 397 g/mol. The van der Waals surface area contributed by atoms with Crippen molar-refractivity contribution < 1.29 is 9.63 Å². The van der Waals surface area contributed by atoms with Gasteiger partial charge in [0.05, 0.1) is 16.7 Å². The maximum absolute atomic E-state index is 12.6. The topological polar surface area (TPSA) is 47.4 Å². The number of imidazole rings is 1. The van der Waals surface area contributed by atoms with Crippen molar-refractivity contribution in [3.05, 3.63) is 83.9 Å². The van der Waals surface area contributed by atoms with E-state index < -0.39 is 0 Å². The van der Waals surface area contributed by atoms with Gasteiger partial charge in [-0.25, -0.2) is 4.98 Å². The molecule has 3 aromatic carbocycles. The minimum absolute atomic E-state index is 0.00598. The maximum Gasteiger partial charge on any atom is 0.250 e. The molecular weight excluding hydrogens is 374 g/mol. The highest BCUT2D eigenvalue weighted by molar-refractivity contribution is 5.92. The van der Waals surface area contributed by atoms with Crippen molar-refractivity contribution in [1.82, 2.24) is 9.55 Å². The average Bonchev–Trinajstić information content (AvgIpc) is 3.02. The molecule has 1 aromatic heterocycles. The van der Waals surface area contributed by atoms with E-state index >= 15 is 0 Å². The molecule has 4 aromatic rings. The Bertz CT molecular complexity index is 1230. The zero-order valence-corrected chi connectivity index (χ0v) is 16.9. The van der Waals surface area contributed by atoms with Gasteiger partial charge in [-0.1, -0.05) is 48.5 Å². The van der Waals surface area contributed by atoms with Gasteiger partial charge in [0.15, 0.2) is 0 Å². The summed E-state index contributed by atoms with van der Waals surface area (Å²) in [5.41, 5.74) is 6.10. The van der Waals surface area contributed by atoms with Gasteiger partial charge in [-0.15, -0.1) is 0 Å². The van der Waals surface area contributed by atoms with Crippen LogP contribution in [0.5, 0.6) is 0 Å². The van der Waals surface area contributed by atoms with E-state index in [0.29, 0.717) is 13.0 Å². The molecule has 0 N–H and O–H groups in total. The second-order valence-electron chi connectivity index (χ2n) is 7.63. The number of hydroxylamine groups is 1. The quantitative estimate of drug-likeness (QED) is 0.485. The molecule has 2 heterocycles. The van der Waals surface area contributed by atoms with E-state index in [1.165, 1.54) is 5.06 Å². The molecule has 5 rings (SSSR count). The summed E-state index contributed by atoms with van der Waals surface area (Å²) in [6.45, 7) is 0.317. The molecule has 0 unspecified atom stereocenters. The molecule has 0 saturated carbocycles. The number of amides is 1. The van der Waals surface area contributed by atoms with Crippen LogP contribution in [0.3, 0.4) is 0 Å². The average molecular weight is 397 g/mol. The number of aryl methyl sites for hydroxylation is 2. The normalized spacial score (nSPS) is 14.0. The van der Waals surface area contributed by atoms with Crippen molar-refractivity contribution in [2.45, 2.75) is 25.9 Å². The predicted molar refractivity (Wildman–Crippen MR) is 118 cm³/mol. The summed E-state index contributed by atoms with van der Waals surface area (Å²) in [6, 6.07) is 24.2. The number of carbonyl (C=O) groups is 1. The summed E-state index contributed by atoms with van der Waals surface area (Å²) in [4.78, 5) is 23.4. The number of aromatic nitrogens is 2. The predicted octanol–water partition coefficient (Wildman–Crippen LogP) is 5.04. The van der Waals surface area contributed by atoms with Crippen molar-refractivity contribution >= 4 is 22.6 Å². The molecule has 5 nitrogen and oxygen atoms in total. The first-order chi connectivity index (χ1) is 14.7. The van der Waals surface area contributed by atoms with Crippen LogP contribution in [0.2, 0.25) is 0 Å². The standard InChI is InChI=1S/C25H23N3O2/c1-27-23-14-5-3-12-21(23)26-25(27)20-11-6-8-18(16-20)17-30-28-22-13-4-2-9-19(22)10-7-15-24(28)29/h2-6,8-9,11-14,16H,7,10,15,17H2,1H3. The van der Waals surface area contributed by atoms with Crippen LogP contribution in [0.15, 0.2) is 72.8 Å². The van der Waals surface area contributed by atoms with Gasteiger partial charge in [0.25, 0.3) is 5.91 Å². The van der Waals surface area contributed by atoms with E-state index in [9.17, 15) is 4.79 Å². The van der Waals surface area contributed by atoms with Crippen LogP contribution in [0.1, 0.15) is 24.0 Å². The molecule has 30 heavy (non-hydrogen) atoms. The number of benzene rings is 3. The van der Waals surface area contributed by atoms with Crippen molar-refractivity contribution in [2.75, 3.05) is 5.06 Å². The summed E-state index contributed by atoms with van der Waals surface area (Å²) in [7, 11) is 2.03. The van der Waals surface area contributed by atoms with Crippen molar-refractivity contribution in [2.24, 2.45) is 7.05 Å². The Morgan fingerprint density at radius 3 is 2.70 bits per heavy atom. The third-order valence-electron chi connectivity index (χ3n) is 5.61. The summed E-state index contributed by atoms with van der Waals surface area (Å²) in [5, 5.41) is 1.48. The summed E-state index contributed by atoms with van der Waals surface area (Å²) in [5.74, 6) is 0.917. The molecule has 0 atom stereocenters. The number of hydrogen-bond acceptors (Lipinski definition) is 3. The summed E-state index contributed by atoms with van der Waals surface area (Å²) in [6.07, 6.45) is 2.23. The minimum atomic E-state index is 0.00598. The Kier molecular flexibility index (Phi) is 4.81. The fraction of sp³-hybridized carbons (Fsp3) is 0.200. The highest BCUT2D eigenvalue weighted by Crippen LogP contribution is 2.28. The van der Waals surface area contributed by atoms with Crippen molar-refractivity contribution in [3.63, 3.8) is 0 Å². The lowest BCUT2D eigenvalue weighted by Crippen LogP contribution is -2.30. The van der Waals surface area contributed by atoms with E-state index in [4.69, 9.17) is 9.82 Å². The Labute approximate surface area is 175 Å². The molecule has 0 aliphatic carbocycles. The number of nitrogens with zero attached hydrogens (tertiary/aromatic N) is 3. The minimum Gasteiger partial charge on any atom is -0.327 e. The maximum atomic E-state index is 12.6. The van der Waals surface area contributed by atoms with Gasteiger partial charge in [-0.05, 0) is 48.2 Å². The van der Waals surface area contributed by atoms with E-state index in [2.05, 4.69) is 28.8 Å². The van der Waals surface area contributed by atoms with Crippen LogP contribution in [0.4, 0.5) is 5.69 Å². The molecule has 150 valence electrons. The number of rotatable bonds is 4. The Balaban J connectivity index is 1.41. The lowest BCUT2D eigenvalue weighted by atomic mass is 10.1.